The van der Waals surface area contributed by atoms with Gasteiger partial charge in [-0.3, -0.25) is 0 Å². The molecule has 1 aromatic carbocycles. The van der Waals surface area contributed by atoms with E-state index in [0.29, 0.717) is 0 Å². The summed E-state index contributed by atoms with van der Waals surface area (Å²) in [5.41, 5.74) is 0. The third-order valence-electron chi connectivity index (χ3n) is 2.28. The largest absolute Gasteiger partial charge is 0.242 e. The summed E-state index contributed by atoms with van der Waals surface area (Å²) in [6.07, 6.45) is 1.67. The monoisotopic (exact) mass is 373 g/mol. The summed E-state index contributed by atoms with van der Waals surface area (Å²) in [7, 11) is -3.61. The summed E-state index contributed by atoms with van der Waals surface area (Å²) in [6, 6.07) is 4.63. The van der Waals surface area contributed by atoms with Gasteiger partial charge in [0.05, 0.1) is 5.02 Å². The molecule has 0 spiro atoms. The van der Waals surface area contributed by atoms with Crippen LogP contribution in [0.2, 0.25) is 5.02 Å². The summed E-state index contributed by atoms with van der Waals surface area (Å²) < 4.78 is 27.2. The molecule has 0 heterocycles. The van der Waals surface area contributed by atoms with Gasteiger partial charge in [-0.05, 0) is 24.6 Å². The molecule has 0 fully saturated rings. The number of nitrogens with one attached hydrogen (secondary N) is 1. The number of hydrogen-bond acceptors (Lipinski definition) is 2. The first-order valence-electron chi connectivity index (χ1n) is 5.45. The van der Waals surface area contributed by atoms with E-state index in [1.165, 1.54) is 6.07 Å². The van der Waals surface area contributed by atoms with Crippen LogP contribution in [0.15, 0.2) is 27.6 Å². The van der Waals surface area contributed by atoms with Crippen LogP contribution in [-0.2, 0) is 10.0 Å². The summed E-state index contributed by atoms with van der Waals surface area (Å²) in [5, 5.41) is -0.0301. The molecule has 0 aromatic heterocycles. The first kappa shape index (κ1) is 16.2. The summed E-state index contributed by atoms with van der Waals surface area (Å²) in [6.45, 7) is 2.19. The van der Waals surface area contributed by atoms with Gasteiger partial charge in [-0.25, -0.2) is 13.1 Å². The molecular weight excluding hydrogens is 361 g/mol. The number of sulfonamides is 1. The highest BCUT2D eigenvalue weighted by Crippen LogP contribution is 2.25. The smallest absolute Gasteiger partial charge is 0.210 e. The van der Waals surface area contributed by atoms with E-state index in [1.807, 2.05) is 6.92 Å². The molecule has 7 heteroatoms. The van der Waals surface area contributed by atoms with Crippen LogP contribution in [-0.4, -0.2) is 20.3 Å². The fraction of sp³-hybridized carbons (Fsp3) is 0.455. The fourth-order valence-corrected chi connectivity index (χ4v) is 3.89. The molecular formula is C11H14BrCl2NO2S. The highest BCUT2D eigenvalue weighted by atomic mass is 79.9. The average molecular weight is 375 g/mol. The van der Waals surface area contributed by atoms with E-state index in [4.69, 9.17) is 23.2 Å². The fourth-order valence-electron chi connectivity index (χ4n) is 1.39. The van der Waals surface area contributed by atoms with Gasteiger partial charge in [-0.1, -0.05) is 40.9 Å². The van der Waals surface area contributed by atoms with Gasteiger partial charge in [0.25, 0.3) is 0 Å². The second-order valence-electron chi connectivity index (χ2n) is 3.81. The van der Waals surface area contributed by atoms with Crippen LogP contribution in [0.1, 0.15) is 19.8 Å². The maximum atomic E-state index is 12.0. The summed E-state index contributed by atoms with van der Waals surface area (Å²) in [4.78, 5) is 0.0627. The van der Waals surface area contributed by atoms with E-state index in [2.05, 4.69) is 20.7 Å². The van der Waals surface area contributed by atoms with Gasteiger partial charge in [-0.2, -0.15) is 0 Å². The lowest BCUT2D eigenvalue weighted by atomic mass is 10.2. The number of hydrogen-bond donors (Lipinski definition) is 1. The second-order valence-corrected chi connectivity index (χ2v) is 7.49. The van der Waals surface area contributed by atoms with E-state index in [1.54, 1.807) is 12.1 Å². The van der Waals surface area contributed by atoms with E-state index < -0.39 is 10.0 Å². The minimum atomic E-state index is -3.61. The lowest BCUT2D eigenvalue weighted by Crippen LogP contribution is -2.30. The molecule has 0 radical (unpaired) electrons. The Balaban J connectivity index is 2.80. The standard InChI is InChI=1S/C11H14BrCl2NO2S/c1-2-3-9(13)7-15-18(16,17)11-5-4-8(12)6-10(11)14/h4-6,9,15H,2-3,7H2,1H3. The highest BCUT2D eigenvalue weighted by molar-refractivity contribution is 9.10. The third-order valence-corrected chi connectivity index (χ3v) is 5.05. The molecule has 1 unspecified atom stereocenters. The normalized spacial score (nSPS) is 13.6. The van der Waals surface area contributed by atoms with Gasteiger partial charge in [0.2, 0.25) is 10.0 Å². The van der Waals surface area contributed by atoms with Gasteiger partial charge in [-0.15, -0.1) is 11.6 Å². The van der Waals surface area contributed by atoms with Crippen LogP contribution in [0, 0.1) is 0 Å². The van der Waals surface area contributed by atoms with E-state index in [9.17, 15) is 8.42 Å². The second kappa shape index (κ2) is 7.10. The number of benzene rings is 1. The molecule has 0 aliphatic carbocycles. The molecule has 0 saturated heterocycles. The van der Waals surface area contributed by atoms with Crippen LogP contribution >= 0.6 is 39.1 Å². The van der Waals surface area contributed by atoms with Crippen molar-refractivity contribution in [3.63, 3.8) is 0 Å². The van der Waals surface area contributed by atoms with Crippen molar-refractivity contribution >= 4 is 49.2 Å². The van der Waals surface area contributed by atoms with E-state index >= 15 is 0 Å². The van der Waals surface area contributed by atoms with Crippen molar-refractivity contribution in [1.29, 1.82) is 0 Å². The molecule has 0 saturated carbocycles. The van der Waals surface area contributed by atoms with Crippen molar-refractivity contribution in [2.24, 2.45) is 0 Å². The van der Waals surface area contributed by atoms with Crippen molar-refractivity contribution in [1.82, 2.24) is 4.72 Å². The Bertz CT molecular complexity index is 508. The minimum absolute atomic E-state index is 0.0627. The van der Waals surface area contributed by atoms with E-state index in [0.717, 1.165) is 17.3 Å². The predicted molar refractivity (Wildman–Crippen MR) is 78.9 cm³/mol. The molecule has 18 heavy (non-hydrogen) atoms. The van der Waals surface area contributed by atoms with Crippen molar-refractivity contribution < 1.29 is 8.42 Å². The molecule has 0 bridgehead atoms. The topological polar surface area (TPSA) is 46.2 Å². The van der Waals surface area contributed by atoms with Crippen molar-refractivity contribution in [3.05, 3.63) is 27.7 Å². The minimum Gasteiger partial charge on any atom is -0.210 e. The average Bonchev–Trinajstić information content (AvgIpc) is 2.26. The quantitative estimate of drug-likeness (QED) is 0.770. The Morgan fingerprint density at radius 2 is 2.11 bits per heavy atom. The summed E-state index contributed by atoms with van der Waals surface area (Å²) in [5.74, 6) is 0. The lowest BCUT2D eigenvalue weighted by molar-refractivity contribution is 0.577. The highest BCUT2D eigenvalue weighted by Gasteiger charge is 2.18. The van der Waals surface area contributed by atoms with Crippen LogP contribution in [0.25, 0.3) is 0 Å². The zero-order chi connectivity index (χ0) is 13.8. The predicted octanol–water partition coefficient (Wildman–Crippen LogP) is 3.79. The van der Waals surface area contributed by atoms with Crippen LogP contribution in [0.5, 0.6) is 0 Å². The van der Waals surface area contributed by atoms with Crippen molar-refractivity contribution in [2.75, 3.05) is 6.54 Å². The number of halogens is 3. The molecule has 1 N–H and O–H groups in total. The number of alkyl halides is 1. The number of rotatable bonds is 6. The van der Waals surface area contributed by atoms with Crippen molar-refractivity contribution in [2.45, 2.75) is 30.0 Å². The molecule has 1 atom stereocenters. The molecule has 3 nitrogen and oxygen atoms in total. The van der Waals surface area contributed by atoms with E-state index in [-0.39, 0.29) is 21.8 Å². The Kier molecular flexibility index (Phi) is 6.41. The first-order chi connectivity index (χ1) is 8.36. The molecule has 1 rings (SSSR count). The Labute approximate surface area is 126 Å². The Morgan fingerprint density at radius 1 is 1.44 bits per heavy atom. The zero-order valence-electron chi connectivity index (χ0n) is 9.79. The zero-order valence-corrected chi connectivity index (χ0v) is 13.7. The van der Waals surface area contributed by atoms with Crippen molar-refractivity contribution in [3.8, 4) is 0 Å². The van der Waals surface area contributed by atoms with Gasteiger partial charge < -0.3 is 0 Å². The van der Waals surface area contributed by atoms with Gasteiger partial charge in [0, 0.05) is 16.4 Å². The maximum absolute atomic E-state index is 12.0. The summed E-state index contributed by atoms with van der Waals surface area (Å²) >= 11 is 15.1. The molecule has 0 amide bonds. The van der Waals surface area contributed by atoms with Gasteiger partial charge in [0.1, 0.15) is 4.90 Å². The van der Waals surface area contributed by atoms with Crippen LogP contribution < -0.4 is 4.72 Å². The Hall–Kier alpha value is 0.190. The third kappa shape index (κ3) is 4.70. The molecule has 102 valence electrons. The molecule has 0 aliphatic heterocycles. The molecule has 0 aliphatic rings. The van der Waals surface area contributed by atoms with Crippen LogP contribution in [0.4, 0.5) is 0 Å². The van der Waals surface area contributed by atoms with Crippen LogP contribution in [0.3, 0.4) is 0 Å². The molecule has 1 aromatic rings. The maximum Gasteiger partial charge on any atom is 0.242 e. The van der Waals surface area contributed by atoms with Gasteiger partial charge >= 0.3 is 0 Å². The SMILES string of the molecule is CCCC(Cl)CNS(=O)(=O)c1ccc(Br)cc1Cl. The lowest BCUT2D eigenvalue weighted by Gasteiger charge is -2.11. The van der Waals surface area contributed by atoms with Gasteiger partial charge in [0.15, 0.2) is 0 Å². The first-order valence-corrected chi connectivity index (χ1v) is 8.54. The Morgan fingerprint density at radius 3 is 2.67 bits per heavy atom.